The number of nitro groups is 1. The van der Waals surface area contributed by atoms with E-state index in [-0.39, 0.29) is 33.3 Å². The van der Waals surface area contributed by atoms with Crippen molar-refractivity contribution in [3.8, 4) is 0 Å². The number of hydrogen-bond acceptors (Lipinski definition) is 5. The number of carbonyl (C=O) groups excluding carboxylic acids is 1. The molecule has 0 bridgehead atoms. The van der Waals surface area contributed by atoms with Gasteiger partial charge in [-0.05, 0) is 46.9 Å². The number of fused-ring (bicyclic) bond motifs is 1. The fourth-order valence-corrected chi connectivity index (χ4v) is 5.27. The van der Waals surface area contributed by atoms with Gasteiger partial charge < -0.3 is 0 Å². The Hall–Kier alpha value is -1.74. The molecule has 0 aromatic heterocycles. The van der Waals surface area contributed by atoms with Crippen molar-refractivity contribution in [2.75, 3.05) is 0 Å². The molecule has 2 aromatic carbocycles. The van der Waals surface area contributed by atoms with Crippen molar-refractivity contribution in [2.45, 2.75) is 4.71 Å². The van der Waals surface area contributed by atoms with Crippen molar-refractivity contribution in [2.24, 2.45) is 0 Å². The van der Waals surface area contributed by atoms with Crippen LogP contribution in [-0.2, 0) is 4.79 Å². The third-order valence-corrected chi connectivity index (χ3v) is 6.60. The minimum Gasteiger partial charge on any atom is -0.284 e. The van der Waals surface area contributed by atoms with Crippen LogP contribution in [0, 0.1) is 10.1 Å². The monoisotopic (exact) mass is 482 g/mol. The first kappa shape index (κ1) is 20.0. The number of hydrogen-bond donors (Lipinski definition) is 0. The number of non-ortho nitro benzene ring substituents is 1. The molecule has 2 aliphatic rings. The zero-order valence-corrected chi connectivity index (χ0v) is 17.7. The summed E-state index contributed by atoms with van der Waals surface area (Å²) in [6, 6.07) is 13.6. The second kappa shape index (κ2) is 8.10. The van der Waals surface area contributed by atoms with Crippen LogP contribution in [-0.4, -0.2) is 20.4 Å². The molecule has 1 amide bonds. The number of carbonyl (C=O) groups is 1. The summed E-state index contributed by atoms with van der Waals surface area (Å²) in [5, 5.41) is 13.4. The highest BCUT2D eigenvalue weighted by atomic mass is 79.9. The number of nitrogens with zero attached hydrogens (tertiary/aromatic N) is 2. The summed E-state index contributed by atoms with van der Waals surface area (Å²) in [7, 11) is 0. The highest BCUT2D eigenvalue weighted by Crippen LogP contribution is 2.51. The Balaban J connectivity index is 0.00000210. The van der Waals surface area contributed by atoms with E-state index in [1.165, 1.54) is 23.9 Å². The summed E-state index contributed by atoms with van der Waals surface area (Å²) in [6.07, 6.45) is 1.86. The highest BCUT2D eigenvalue weighted by Gasteiger charge is 2.42. The lowest BCUT2D eigenvalue weighted by Gasteiger charge is -2.17. The number of nitro benzene ring substituents is 1. The molecule has 0 saturated carbocycles. The number of halogens is 2. The summed E-state index contributed by atoms with van der Waals surface area (Å²) in [5.74, 6) is -0.0652. The molecule has 5 nitrogen and oxygen atoms in total. The number of rotatable bonds is 3. The van der Waals surface area contributed by atoms with Gasteiger partial charge in [-0.3, -0.25) is 19.8 Å². The van der Waals surface area contributed by atoms with E-state index in [0.717, 1.165) is 16.8 Å². The maximum absolute atomic E-state index is 12.9. The topological polar surface area (TPSA) is 63.4 Å². The van der Waals surface area contributed by atoms with Crippen LogP contribution in [0.4, 0.5) is 5.69 Å². The molecule has 0 spiro atoms. The predicted octanol–water partition coefficient (Wildman–Crippen LogP) is 5.77. The van der Waals surface area contributed by atoms with E-state index in [1.54, 1.807) is 40.9 Å². The van der Waals surface area contributed by atoms with Gasteiger partial charge in [-0.15, -0.1) is 17.0 Å². The van der Waals surface area contributed by atoms with Crippen LogP contribution >= 0.6 is 52.1 Å². The summed E-state index contributed by atoms with van der Waals surface area (Å²) in [4.78, 5) is 25.6. The van der Waals surface area contributed by atoms with Gasteiger partial charge in [-0.2, -0.15) is 0 Å². The van der Waals surface area contributed by atoms with E-state index in [2.05, 4.69) is 0 Å². The van der Waals surface area contributed by atoms with Crippen LogP contribution in [0.5, 0.6) is 0 Å². The van der Waals surface area contributed by atoms with Gasteiger partial charge in [0.25, 0.3) is 11.6 Å². The van der Waals surface area contributed by atoms with Crippen molar-refractivity contribution in [1.29, 1.82) is 0 Å². The summed E-state index contributed by atoms with van der Waals surface area (Å²) < 4.78 is -0.0498. The smallest absolute Gasteiger partial charge is 0.269 e. The Morgan fingerprint density at radius 2 is 1.78 bits per heavy atom. The van der Waals surface area contributed by atoms with Crippen LogP contribution in [0.1, 0.15) is 11.1 Å². The van der Waals surface area contributed by atoms with Crippen LogP contribution in [0.2, 0.25) is 5.02 Å². The minimum absolute atomic E-state index is 0. The molecule has 2 heterocycles. The zero-order chi connectivity index (χ0) is 18.3. The Morgan fingerprint density at radius 1 is 1.11 bits per heavy atom. The van der Waals surface area contributed by atoms with Crippen molar-refractivity contribution in [3.05, 3.63) is 85.1 Å². The first-order valence-corrected chi connectivity index (χ1v) is 9.81. The number of amides is 1. The summed E-state index contributed by atoms with van der Waals surface area (Å²) in [6.45, 7) is 0. The molecular formula is C18H12BrClN2O3S2. The summed E-state index contributed by atoms with van der Waals surface area (Å²) >= 11 is 8.96. The normalized spacial score (nSPS) is 19.7. The Bertz CT molecular complexity index is 962. The van der Waals surface area contributed by atoms with Gasteiger partial charge >= 0.3 is 0 Å². The van der Waals surface area contributed by atoms with E-state index in [9.17, 15) is 14.9 Å². The van der Waals surface area contributed by atoms with Gasteiger partial charge in [0, 0.05) is 17.2 Å². The van der Waals surface area contributed by atoms with Crippen molar-refractivity contribution >= 4 is 75.5 Å². The largest absolute Gasteiger partial charge is 0.284 e. The molecule has 2 aliphatic heterocycles. The standard InChI is InChI=1S/C18H11ClN2O3S2.BrH/c19-13-5-1-11(2-6-13)9-16-17(22)20-15(10-25-18(20)26-16)12-3-7-14(8-4-12)21(23)24;/h1-10,18H;1H/b16-9-;. The highest BCUT2D eigenvalue weighted by molar-refractivity contribution is 8.93. The number of thioether (sulfide) groups is 2. The fourth-order valence-electron chi connectivity index (χ4n) is 2.68. The van der Waals surface area contributed by atoms with Crippen LogP contribution < -0.4 is 0 Å². The lowest BCUT2D eigenvalue weighted by atomic mass is 10.1. The van der Waals surface area contributed by atoms with Gasteiger partial charge in [-0.25, -0.2) is 0 Å². The zero-order valence-electron chi connectivity index (χ0n) is 13.6. The SMILES string of the molecule is Br.O=C1/C(=C/c2ccc(Cl)cc2)SC2SC=C(c3ccc([N+](=O)[O-])cc3)N12. The maximum atomic E-state index is 12.9. The van der Waals surface area contributed by atoms with Crippen molar-refractivity contribution < 1.29 is 9.72 Å². The third-order valence-electron chi connectivity index (χ3n) is 3.97. The summed E-state index contributed by atoms with van der Waals surface area (Å²) in [5.41, 5.74) is 2.50. The van der Waals surface area contributed by atoms with Crippen molar-refractivity contribution in [1.82, 2.24) is 4.90 Å². The molecule has 1 unspecified atom stereocenters. The van der Waals surface area contributed by atoms with Gasteiger partial charge in [0.2, 0.25) is 0 Å². The lowest BCUT2D eigenvalue weighted by molar-refractivity contribution is -0.384. The van der Waals surface area contributed by atoms with Crippen molar-refractivity contribution in [3.63, 3.8) is 0 Å². The van der Waals surface area contributed by atoms with E-state index >= 15 is 0 Å². The van der Waals surface area contributed by atoms with Gasteiger partial charge in [0.15, 0.2) is 0 Å². The van der Waals surface area contributed by atoms with Gasteiger partial charge in [0.05, 0.1) is 15.5 Å². The Labute approximate surface area is 179 Å². The Morgan fingerprint density at radius 3 is 2.41 bits per heavy atom. The van der Waals surface area contributed by atoms with E-state index in [0.29, 0.717) is 9.93 Å². The average Bonchev–Trinajstić information content (AvgIpc) is 3.18. The molecular weight excluding hydrogens is 472 g/mol. The quantitative estimate of drug-likeness (QED) is 0.315. The van der Waals surface area contributed by atoms with Crippen LogP contribution in [0.3, 0.4) is 0 Å². The molecule has 1 fully saturated rings. The third kappa shape index (κ3) is 3.94. The molecule has 9 heteroatoms. The molecule has 4 rings (SSSR count). The molecule has 2 aromatic rings. The minimum atomic E-state index is -0.436. The second-order valence-electron chi connectivity index (χ2n) is 5.60. The molecule has 1 atom stereocenters. The average molecular weight is 484 g/mol. The van der Waals surface area contributed by atoms with E-state index in [1.807, 2.05) is 23.6 Å². The van der Waals surface area contributed by atoms with Gasteiger partial charge in [-0.1, -0.05) is 47.3 Å². The molecule has 138 valence electrons. The first-order chi connectivity index (χ1) is 12.5. The predicted molar refractivity (Wildman–Crippen MR) is 117 cm³/mol. The first-order valence-electron chi connectivity index (χ1n) is 7.61. The molecule has 0 radical (unpaired) electrons. The molecule has 0 aliphatic carbocycles. The van der Waals surface area contributed by atoms with Crippen LogP contribution in [0.15, 0.2) is 58.8 Å². The van der Waals surface area contributed by atoms with Gasteiger partial charge in [0.1, 0.15) is 4.71 Å². The van der Waals surface area contributed by atoms with E-state index < -0.39 is 4.92 Å². The van der Waals surface area contributed by atoms with E-state index in [4.69, 9.17) is 11.6 Å². The lowest BCUT2D eigenvalue weighted by Crippen LogP contribution is -2.25. The second-order valence-corrected chi connectivity index (χ2v) is 8.41. The maximum Gasteiger partial charge on any atom is 0.269 e. The Kier molecular flexibility index (Phi) is 6.00. The fraction of sp³-hybridized carbons (Fsp3) is 0.0556. The molecule has 1 saturated heterocycles. The molecule has 0 N–H and O–H groups in total. The number of benzene rings is 2. The molecule has 27 heavy (non-hydrogen) atoms. The van der Waals surface area contributed by atoms with Crippen LogP contribution in [0.25, 0.3) is 11.8 Å².